The largest absolute Gasteiger partial charge is 0.497 e. The van der Waals surface area contributed by atoms with Crippen molar-refractivity contribution in [3.8, 4) is 11.5 Å². The molecule has 2 aromatic rings. The van der Waals surface area contributed by atoms with Gasteiger partial charge in [0.2, 0.25) is 0 Å². The summed E-state index contributed by atoms with van der Waals surface area (Å²) in [6, 6.07) is 14.8. The van der Waals surface area contributed by atoms with Crippen LogP contribution >= 0.6 is 0 Å². The van der Waals surface area contributed by atoms with Gasteiger partial charge in [-0.2, -0.15) is 0 Å². The van der Waals surface area contributed by atoms with Gasteiger partial charge >= 0.3 is 0 Å². The summed E-state index contributed by atoms with van der Waals surface area (Å²) < 4.78 is 10.5. The SMILES string of the molecule is CCOc1cccc(C(=O)NCc2ccc(OC)cc2)c1. The second kappa shape index (κ2) is 7.33. The van der Waals surface area contributed by atoms with E-state index < -0.39 is 0 Å². The third-order valence-corrected chi connectivity index (χ3v) is 3.02. The number of carbonyl (C=O) groups excluding carboxylic acids is 1. The van der Waals surface area contributed by atoms with Crippen LogP contribution in [0.25, 0.3) is 0 Å². The van der Waals surface area contributed by atoms with Crippen LogP contribution in [-0.4, -0.2) is 19.6 Å². The molecule has 0 bridgehead atoms. The fourth-order valence-corrected chi connectivity index (χ4v) is 1.92. The Labute approximate surface area is 124 Å². The minimum Gasteiger partial charge on any atom is -0.497 e. The summed E-state index contributed by atoms with van der Waals surface area (Å²) in [4.78, 5) is 12.1. The van der Waals surface area contributed by atoms with Crippen molar-refractivity contribution in [3.63, 3.8) is 0 Å². The van der Waals surface area contributed by atoms with Gasteiger partial charge in [0.25, 0.3) is 5.91 Å². The van der Waals surface area contributed by atoms with E-state index in [1.165, 1.54) is 0 Å². The summed E-state index contributed by atoms with van der Waals surface area (Å²) in [5, 5.41) is 2.89. The Balaban J connectivity index is 1.95. The van der Waals surface area contributed by atoms with Crippen LogP contribution in [0, 0.1) is 0 Å². The number of hydrogen-bond acceptors (Lipinski definition) is 3. The van der Waals surface area contributed by atoms with Crippen molar-refractivity contribution in [3.05, 3.63) is 59.7 Å². The van der Waals surface area contributed by atoms with E-state index in [2.05, 4.69) is 5.32 Å². The molecule has 1 amide bonds. The number of carbonyl (C=O) groups is 1. The fourth-order valence-electron chi connectivity index (χ4n) is 1.92. The minimum atomic E-state index is -0.118. The van der Waals surface area contributed by atoms with Crippen LogP contribution in [-0.2, 0) is 6.54 Å². The lowest BCUT2D eigenvalue weighted by Gasteiger charge is -2.08. The first-order valence-corrected chi connectivity index (χ1v) is 6.87. The summed E-state index contributed by atoms with van der Waals surface area (Å²) in [6.45, 7) is 2.97. The molecule has 0 fully saturated rings. The normalized spacial score (nSPS) is 10.0. The molecule has 1 N–H and O–H groups in total. The molecule has 0 radical (unpaired) electrons. The van der Waals surface area contributed by atoms with Gasteiger partial charge in [-0.3, -0.25) is 4.79 Å². The molecule has 0 unspecified atom stereocenters. The van der Waals surface area contributed by atoms with E-state index in [0.717, 1.165) is 11.3 Å². The molecular formula is C17H19NO3. The van der Waals surface area contributed by atoms with E-state index in [1.807, 2.05) is 43.3 Å². The highest BCUT2D eigenvalue weighted by molar-refractivity contribution is 5.94. The Morgan fingerprint density at radius 3 is 2.52 bits per heavy atom. The molecular weight excluding hydrogens is 266 g/mol. The Morgan fingerprint density at radius 1 is 1.10 bits per heavy atom. The Hall–Kier alpha value is -2.49. The van der Waals surface area contributed by atoms with Crippen LogP contribution < -0.4 is 14.8 Å². The summed E-state index contributed by atoms with van der Waals surface area (Å²) in [5.74, 6) is 1.39. The van der Waals surface area contributed by atoms with Gasteiger partial charge in [-0.1, -0.05) is 18.2 Å². The molecule has 0 spiro atoms. The van der Waals surface area contributed by atoms with E-state index in [1.54, 1.807) is 19.2 Å². The lowest BCUT2D eigenvalue weighted by atomic mass is 10.2. The van der Waals surface area contributed by atoms with Gasteiger partial charge in [0.05, 0.1) is 13.7 Å². The summed E-state index contributed by atoms with van der Waals surface area (Å²) in [7, 11) is 1.63. The van der Waals surface area contributed by atoms with E-state index >= 15 is 0 Å². The van der Waals surface area contributed by atoms with Gasteiger partial charge in [-0.15, -0.1) is 0 Å². The number of nitrogens with one attached hydrogen (secondary N) is 1. The van der Waals surface area contributed by atoms with Gasteiger partial charge in [-0.05, 0) is 42.8 Å². The van der Waals surface area contributed by atoms with Crippen molar-refractivity contribution >= 4 is 5.91 Å². The zero-order valence-electron chi connectivity index (χ0n) is 12.3. The highest BCUT2D eigenvalue weighted by Gasteiger charge is 2.06. The van der Waals surface area contributed by atoms with Gasteiger partial charge in [0, 0.05) is 12.1 Å². The maximum atomic E-state index is 12.1. The molecule has 0 saturated heterocycles. The molecule has 0 atom stereocenters. The van der Waals surface area contributed by atoms with Crippen molar-refractivity contribution in [2.75, 3.05) is 13.7 Å². The lowest BCUT2D eigenvalue weighted by molar-refractivity contribution is 0.0950. The predicted molar refractivity (Wildman–Crippen MR) is 81.8 cm³/mol. The van der Waals surface area contributed by atoms with Crippen LogP contribution in [0.4, 0.5) is 0 Å². The first-order valence-electron chi connectivity index (χ1n) is 6.87. The molecule has 0 aromatic heterocycles. The van der Waals surface area contributed by atoms with Crippen LogP contribution in [0.5, 0.6) is 11.5 Å². The molecule has 0 heterocycles. The van der Waals surface area contributed by atoms with E-state index in [4.69, 9.17) is 9.47 Å². The molecule has 4 nitrogen and oxygen atoms in total. The Morgan fingerprint density at radius 2 is 1.86 bits per heavy atom. The molecule has 21 heavy (non-hydrogen) atoms. The van der Waals surface area contributed by atoms with Crippen molar-refractivity contribution in [1.82, 2.24) is 5.32 Å². The van der Waals surface area contributed by atoms with Crippen LogP contribution in [0.2, 0.25) is 0 Å². The second-order valence-corrected chi connectivity index (χ2v) is 4.49. The highest BCUT2D eigenvalue weighted by Crippen LogP contribution is 2.14. The van der Waals surface area contributed by atoms with E-state index in [9.17, 15) is 4.79 Å². The predicted octanol–water partition coefficient (Wildman–Crippen LogP) is 3.02. The second-order valence-electron chi connectivity index (χ2n) is 4.49. The van der Waals surface area contributed by atoms with Crippen molar-refractivity contribution < 1.29 is 14.3 Å². The zero-order valence-corrected chi connectivity index (χ0v) is 12.3. The molecule has 110 valence electrons. The quantitative estimate of drug-likeness (QED) is 0.887. The first kappa shape index (κ1) is 14.9. The van der Waals surface area contributed by atoms with Gasteiger partial charge < -0.3 is 14.8 Å². The maximum absolute atomic E-state index is 12.1. The highest BCUT2D eigenvalue weighted by atomic mass is 16.5. The van der Waals surface area contributed by atoms with E-state index in [-0.39, 0.29) is 5.91 Å². The first-order chi connectivity index (χ1) is 10.2. The number of benzene rings is 2. The maximum Gasteiger partial charge on any atom is 0.251 e. The fraction of sp³-hybridized carbons (Fsp3) is 0.235. The van der Waals surface area contributed by atoms with Gasteiger partial charge in [0.1, 0.15) is 11.5 Å². The number of amides is 1. The third kappa shape index (κ3) is 4.24. The monoisotopic (exact) mass is 285 g/mol. The molecule has 0 aliphatic carbocycles. The van der Waals surface area contributed by atoms with E-state index in [0.29, 0.717) is 24.5 Å². The van der Waals surface area contributed by atoms with Crippen LogP contribution in [0.3, 0.4) is 0 Å². The van der Waals surface area contributed by atoms with Crippen molar-refractivity contribution in [2.45, 2.75) is 13.5 Å². The van der Waals surface area contributed by atoms with Crippen LogP contribution in [0.1, 0.15) is 22.8 Å². The average Bonchev–Trinajstić information content (AvgIpc) is 2.53. The number of ether oxygens (including phenoxy) is 2. The standard InChI is InChI=1S/C17H19NO3/c1-3-21-16-6-4-5-14(11-16)17(19)18-12-13-7-9-15(20-2)10-8-13/h4-11H,3,12H2,1-2H3,(H,18,19). The smallest absolute Gasteiger partial charge is 0.251 e. The zero-order chi connectivity index (χ0) is 15.1. The molecule has 2 rings (SSSR count). The van der Waals surface area contributed by atoms with Gasteiger partial charge in [-0.25, -0.2) is 0 Å². The topological polar surface area (TPSA) is 47.6 Å². The summed E-state index contributed by atoms with van der Waals surface area (Å²) in [5.41, 5.74) is 1.61. The lowest BCUT2D eigenvalue weighted by Crippen LogP contribution is -2.22. The third-order valence-electron chi connectivity index (χ3n) is 3.02. The van der Waals surface area contributed by atoms with Crippen molar-refractivity contribution in [1.29, 1.82) is 0 Å². The van der Waals surface area contributed by atoms with Gasteiger partial charge in [0.15, 0.2) is 0 Å². The molecule has 4 heteroatoms. The van der Waals surface area contributed by atoms with Crippen LogP contribution in [0.15, 0.2) is 48.5 Å². The molecule has 0 aliphatic heterocycles. The molecule has 0 saturated carbocycles. The summed E-state index contributed by atoms with van der Waals surface area (Å²) >= 11 is 0. The number of methoxy groups -OCH3 is 1. The number of rotatable bonds is 6. The summed E-state index contributed by atoms with van der Waals surface area (Å²) in [6.07, 6.45) is 0. The Bertz CT molecular complexity index is 593. The average molecular weight is 285 g/mol. The number of hydrogen-bond donors (Lipinski definition) is 1. The Kier molecular flexibility index (Phi) is 5.21. The van der Waals surface area contributed by atoms with Crippen molar-refractivity contribution in [2.24, 2.45) is 0 Å². The molecule has 2 aromatic carbocycles. The minimum absolute atomic E-state index is 0.118. The molecule has 0 aliphatic rings.